The molecule has 0 aliphatic carbocycles. The summed E-state index contributed by atoms with van der Waals surface area (Å²) in [6.45, 7) is 2.01. The van der Waals surface area contributed by atoms with Crippen molar-refractivity contribution in [2.75, 3.05) is 0 Å². The van der Waals surface area contributed by atoms with Gasteiger partial charge in [0, 0.05) is 27.6 Å². The summed E-state index contributed by atoms with van der Waals surface area (Å²) in [7, 11) is 0. The van der Waals surface area contributed by atoms with Crippen LogP contribution in [-0.2, 0) is 0 Å². The fourth-order valence-corrected chi connectivity index (χ4v) is 4.23. The molecule has 2 heterocycles. The zero-order valence-corrected chi connectivity index (χ0v) is 17.6. The molecule has 0 bridgehead atoms. The van der Waals surface area contributed by atoms with Gasteiger partial charge in [0.05, 0.1) is 5.69 Å². The summed E-state index contributed by atoms with van der Waals surface area (Å²) in [6.07, 6.45) is 0. The third-order valence-corrected chi connectivity index (χ3v) is 5.78. The van der Waals surface area contributed by atoms with Gasteiger partial charge < -0.3 is 4.42 Å². The van der Waals surface area contributed by atoms with Crippen molar-refractivity contribution in [3.8, 4) is 33.8 Å². The summed E-state index contributed by atoms with van der Waals surface area (Å²) in [5.74, 6) is 0.715. The topological polar surface area (TPSA) is 38.9 Å². The van der Waals surface area contributed by atoms with Crippen molar-refractivity contribution in [1.29, 1.82) is 0 Å². The third-order valence-electron chi connectivity index (χ3n) is 5.78. The third kappa shape index (κ3) is 3.15. The summed E-state index contributed by atoms with van der Waals surface area (Å²) in [4.78, 5) is 9.64. The molecule has 0 atom stereocenters. The fraction of sp³-hybridized carbons (Fsp3) is 0.0345. The summed E-state index contributed by atoms with van der Waals surface area (Å²) < 4.78 is 6.23. The number of para-hydroxylation sites is 2. The van der Waals surface area contributed by atoms with Crippen LogP contribution in [0.1, 0.15) is 5.69 Å². The van der Waals surface area contributed by atoms with Gasteiger partial charge in [-0.3, -0.25) is 0 Å². The minimum atomic E-state index is 0.715. The lowest BCUT2D eigenvalue weighted by molar-refractivity contribution is 0.670. The van der Waals surface area contributed by atoms with Crippen molar-refractivity contribution >= 4 is 21.9 Å². The van der Waals surface area contributed by atoms with Gasteiger partial charge in [0.15, 0.2) is 5.82 Å². The Labute approximate surface area is 186 Å². The standard InChI is InChI=1S/C29H20N2O/c1-19-18-26(25-12-7-11-24-23-10-5-6-13-27(23)32-28(24)25)31-29(30-19)22-16-14-21(15-17-22)20-8-3-2-4-9-20/h2-18H,1H3. The highest BCUT2D eigenvalue weighted by Crippen LogP contribution is 2.35. The highest BCUT2D eigenvalue weighted by molar-refractivity contribution is 6.09. The predicted molar refractivity (Wildman–Crippen MR) is 130 cm³/mol. The number of aryl methyl sites for hydroxylation is 1. The number of rotatable bonds is 3. The second-order valence-corrected chi connectivity index (χ2v) is 7.94. The maximum atomic E-state index is 6.23. The Balaban J connectivity index is 1.46. The van der Waals surface area contributed by atoms with Gasteiger partial charge in [-0.15, -0.1) is 0 Å². The molecule has 0 unspecified atom stereocenters. The molecule has 0 fully saturated rings. The van der Waals surface area contributed by atoms with Crippen molar-refractivity contribution in [1.82, 2.24) is 9.97 Å². The Morgan fingerprint density at radius 3 is 2.12 bits per heavy atom. The molecule has 32 heavy (non-hydrogen) atoms. The first-order valence-electron chi connectivity index (χ1n) is 10.7. The molecule has 3 nitrogen and oxygen atoms in total. The molecule has 0 radical (unpaired) electrons. The summed E-state index contributed by atoms with van der Waals surface area (Å²) in [5.41, 5.74) is 7.87. The van der Waals surface area contributed by atoms with Crippen molar-refractivity contribution in [2.24, 2.45) is 0 Å². The highest BCUT2D eigenvalue weighted by Gasteiger charge is 2.14. The van der Waals surface area contributed by atoms with Crippen molar-refractivity contribution in [3.63, 3.8) is 0 Å². The van der Waals surface area contributed by atoms with Crippen LogP contribution in [0.3, 0.4) is 0 Å². The number of benzene rings is 4. The van der Waals surface area contributed by atoms with E-state index in [1.54, 1.807) is 0 Å². The number of nitrogens with zero attached hydrogens (tertiary/aromatic N) is 2. The van der Waals surface area contributed by atoms with E-state index in [1.807, 2.05) is 37.3 Å². The van der Waals surface area contributed by atoms with Gasteiger partial charge in [-0.2, -0.15) is 0 Å². The Morgan fingerprint density at radius 1 is 0.594 bits per heavy atom. The molecule has 152 valence electrons. The van der Waals surface area contributed by atoms with E-state index in [0.717, 1.165) is 44.5 Å². The summed E-state index contributed by atoms with van der Waals surface area (Å²) in [6, 6.07) is 35.2. The zero-order valence-electron chi connectivity index (χ0n) is 17.6. The molecule has 0 saturated heterocycles. The number of furan rings is 1. The molecular weight excluding hydrogens is 392 g/mol. The second-order valence-electron chi connectivity index (χ2n) is 7.94. The van der Waals surface area contributed by atoms with Gasteiger partial charge in [0.2, 0.25) is 0 Å². The molecule has 0 amide bonds. The maximum absolute atomic E-state index is 6.23. The SMILES string of the molecule is Cc1cc(-c2cccc3c2oc2ccccc23)nc(-c2ccc(-c3ccccc3)cc2)n1. The Hall–Kier alpha value is -4.24. The van der Waals surface area contributed by atoms with Crippen molar-refractivity contribution in [3.05, 3.63) is 109 Å². The molecule has 6 rings (SSSR count). The number of hydrogen-bond donors (Lipinski definition) is 0. The number of hydrogen-bond acceptors (Lipinski definition) is 3. The monoisotopic (exact) mass is 412 g/mol. The quantitative estimate of drug-likeness (QED) is 0.299. The first-order chi connectivity index (χ1) is 15.8. The number of aromatic nitrogens is 2. The predicted octanol–water partition coefficient (Wildman–Crippen LogP) is 7.69. The first-order valence-corrected chi connectivity index (χ1v) is 10.7. The molecule has 0 spiro atoms. The zero-order chi connectivity index (χ0) is 21.5. The normalized spacial score (nSPS) is 11.3. The summed E-state index contributed by atoms with van der Waals surface area (Å²) >= 11 is 0. The second kappa shape index (κ2) is 7.47. The van der Waals surface area contributed by atoms with Crippen LogP contribution in [-0.4, -0.2) is 9.97 Å². The van der Waals surface area contributed by atoms with Crippen LogP contribution < -0.4 is 0 Å². The van der Waals surface area contributed by atoms with Crippen LogP contribution >= 0.6 is 0 Å². The highest BCUT2D eigenvalue weighted by atomic mass is 16.3. The molecular formula is C29H20N2O. The van der Waals surface area contributed by atoms with Crippen LogP contribution in [0.15, 0.2) is 108 Å². The Kier molecular flexibility index (Phi) is 4.32. The van der Waals surface area contributed by atoms with E-state index in [0.29, 0.717) is 5.82 Å². The molecule has 2 aromatic heterocycles. The Morgan fingerprint density at radius 2 is 1.28 bits per heavy atom. The lowest BCUT2D eigenvalue weighted by Gasteiger charge is -2.08. The van der Waals surface area contributed by atoms with E-state index >= 15 is 0 Å². The average molecular weight is 412 g/mol. The first kappa shape index (κ1) is 18.5. The minimum absolute atomic E-state index is 0.715. The molecule has 0 N–H and O–H groups in total. The van der Waals surface area contributed by atoms with Gasteiger partial charge in [0.25, 0.3) is 0 Å². The van der Waals surface area contributed by atoms with Crippen LogP contribution in [0.2, 0.25) is 0 Å². The number of fused-ring (bicyclic) bond motifs is 3. The smallest absolute Gasteiger partial charge is 0.160 e. The molecule has 0 saturated carbocycles. The lowest BCUT2D eigenvalue weighted by atomic mass is 10.0. The van der Waals surface area contributed by atoms with Gasteiger partial charge in [0.1, 0.15) is 11.2 Å². The minimum Gasteiger partial charge on any atom is -0.455 e. The van der Waals surface area contributed by atoms with Gasteiger partial charge in [-0.25, -0.2) is 9.97 Å². The molecule has 0 aliphatic rings. The van der Waals surface area contributed by atoms with Crippen LogP contribution in [0.25, 0.3) is 55.7 Å². The van der Waals surface area contributed by atoms with E-state index in [2.05, 4.69) is 72.8 Å². The molecule has 4 aromatic carbocycles. The molecule has 3 heteroatoms. The van der Waals surface area contributed by atoms with Crippen LogP contribution in [0.5, 0.6) is 0 Å². The lowest BCUT2D eigenvalue weighted by Crippen LogP contribution is -1.95. The van der Waals surface area contributed by atoms with Gasteiger partial charge >= 0.3 is 0 Å². The van der Waals surface area contributed by atoms with Crippen molar-refractivity contribution in [2.45, 2.75) is 6.92 Å². The van der Waals surface area contributed by atoms with Crippen LogP contribution in [0.4, 0.5) is 0 Å². The Bertz CT molecular complexity index is 1560. The van der Waals surface area contributed by atoms with E-state index in [4.69, 9.17) is 14.4 Å². The van der Waals surface area contributed by atoms with Crippen LogP contribution in [0, 0.1) is 6.92 Å². The largest absolute Gasteiger partial charge is 0.455 e. The van der Waals surface area contributed by atoms with E-state index in [-0.39, 0.29) is 0 Å². The molecule has 6 aromatic rings. The average Bonchev–Trinajstić information content (AvgIpc) is 3.23. The fourth-order valence-electron chi connectivity index (χ4n) is 4.23. The summed E-state index contributed by atoms with van der Waals surface area (Å²) in [5, 5.41) is 2.22. The van der Waals surface area contributed by atoms with Gasteiger partial charge in [-0.1, -0.05) is 84.9 Å². The van der Waals surface area contributed by atoms with E-state index in [1.165, 1.54) is 11.1 Å². The molecule has 0 aliphatic heterocycles. The van der Waals surface area contributed by atoms with Gasteiger partial charge in [-0.05, 0) is 36.2 Å². The van der Waals surface area contributed by atoms with E-state index in [9.17, 15) is 0 Å². The van der Waals surface area contributed by atoms with E-state index < -0.39 is 0 Å². The maximum Gasteiger partial charge on any atom is 0.160 e. The van der Waals surface area contributed by atoms with Crippen molar-refractivity contribution < 1.29 is 4.42 Å².